The Labute approximate surface area is 103 Å². The third kappa shape index (κ3) is 1.85. The van der Waals surface area contributed by atoms with Gasteiger partial charge in [-0.25, -0.2) is 4.79 Å². The van der Waals surface area contributed by atoms with E-state index in [1.807, 2.05) is 0 Å². The van der Waals surface area contributed by atoms with Crippen LogP contribution in [0.4, 0.5) is 0 Å². The number of fused-ring (bicyclic) bond motifs is 1. The largest absolute Gasteiger partial charge is 0.493 e. The third-order valence-corrected chi connectivity index (χ3v) is 2.54. The van der Waals surface area contributed by atoms with Gasteiger partial charge < -0.3 is 18.9 Å². The number of hydrogen-bond acceptors (Lipinski definition) is 6. The minimum absolute atomic E-state index is 0.0929. The van der Waals surface area contributed by atoms with E-state index in [2.05, 4.69) is 0 Å². The van der Waals surface area contributed by atoms with Gasteiger partial charge in [0.05, 0.1) is 25.3 Å². The third-order valence-electron chi connectivity index (χ3n) is 2.54. The summed E-state index contributed by atoms with van der Waals surface area (Å²) in [5.41, 5.74) is 0.916. The van der Waals surface area contributed by atoms with Gasteiger partial charge in [-0.15, -0.1) is 0 Å². The van der Waals surface area contributed by atoms with Crippen molar-refractivity contribution in [3.63, 3.8) is 0 Å². The van der Waals surface area contributed by atoms with Gasteiger partial charge in [0, 0.05) is 6.92 Å². The molecule has 0 bridgehead atoms. The molecule has 0 aliphatic carbocycles. The first-order valence-electron chi connectivity index (χ1n) is 5.21. The zero-order chi connectivity index (χ0) is 13.3. The van der Waals surface area contributed by atoms with Gasteiger partial charge in [-0.1, -0.05) is 0 Å². The summed E-state index contributed by atoms with van der Waals surface area (Å²) in [5.74, 6) is -0.262. The predicted molar refractivity (Wildman–Crippen MR) is 60.0 cm³/mol. The van der Waals surface area contributed by atoms with Crippen LogP contribution < -0.4 is 14.2 Å². The average molecular weight is 252 g/mol. The Balaban J connectivity index is 2.64. The number of esters is 2. The van der Waals surface area contributed by atoms with Crippen molar-refractivity contribution in [1.29, 1.82) is 0 Å². The van der Waals surface area contributed by atoms with Crippen LogP contribution in [0.2, 0.25) is 0 Å². The van der Waals surface area contributed by atoms with E-state index in [0.717, 1.165) is 0 Å². The van der Waals surface area contributed by atoms with Gasteiger partial charge in [0.2, 0.25) is 5.75 Å². The van der Waals surface area contributed by atoms with Crippen LogP contribution >= 0.6 is 0 Å². The Hall–Kier alpha value is -2.24. The molecule has 1 aliphatic heterocycles. The molecule has 2 rings (SSSR count). The highest BCUT2D eigenvalue weighted by Gasteiger charge is 2.30. The number of rotatable bonds is 3. The number of benzene rings is 1. The lowest BCUT2D eigenvalue weighted by Gasteiger charge is -2.14. The highest BCUT2D eigenvalue weighted by Crippen LogP contribution is 2.44. The summed E-state index contributed by atoms with van der Waals surface area (Å²) < 4.78 is 20.3. The lowest BCUT2D eigenvalue weighted by atomic mass is 10.1. The fourth-order valence-electron chi connectivity index (χ4n) is 1.80. The Bertz CT molecular complexity index is 520. The highest BCUT2D eigenvalue weighted by atomic mass is 16.6. The van der Waals surface area contributed by atoms with Gasteiger partial charge in [0.15, 0.2) is 11.5 Å². The Morgan fingerprint density at radius 2 is 2.00 bits per heavy atom. The summed E-state index contributed by atoms with van der Waals surface area (Å²) in [6.45, 7) is 1.36. The Kier molecular flexibility index (Phi) is 3.10. The number of hydrogen-bond donors (Lipinski definition) is 0. The molecule has 1 aromatic rings. The molecule has 0 spiro atoms. The van der Waals surface area contributed by atoms with Gasteiger partial charge in [-0.3, -0.25) is 4.79 Å². The molecule has 6 nitrogen and oxygen atoms in total. The van der Waals surface area contributed by atoms with Crippen molar-refractivity contribution in [1.82, 2.24) is 0 Å². The number of cyclic esters (lactones) is 1. The lowest BCUT2D eigenvalue weighted by molar-refractivity contribution is -0.132. The quantitative estimate of drug-likeness (QED) is 0.596. The van der Waals surface area contributed by atoms with Crippen molar-refractivity contribution in [2.75, 3.05) is 14.2 Å². The highest BCUT2D eigenvalue weighted by molar-refractivity contribution is 5.96. The lowest BCUT2D eigenvalue weighted by Crippen LogP contribution is -2.07. The van der Waals surface area contributed by atoms with E-state index in [9.17, 15) is 9.59 Å². The molecular formula is C12H12O6. The van der Waals surface area contributed by atoms with Crippen LogP contribution in [0.3, 0.4) is 0 Å². The van der Waals surface area contributed by atoms with Crippen molar-refractivity contribution in [3.05, 3.63) is 17.2 Å². The molecule has 1 heterocycles. The zero-order valence-corrected chi connectivity index (χ0v) is 10.2. The fraction of sp³-hybridized carbons (Fsp3) is 0.333. The van der Waals surface area contributed by atoms with E-state index >= 15 is 0 Å². The van der Waals surface area contributed by atoms with Crippen LogP contribution in [0.15, 0.2) is 6.07 Å². The molecule has 1 aliphatic rings. The van der Waals surface area contributed by atoms with Crippen molar-refractivity contribution in [2.24, 2.45) is 0 Å². The molecule has 96 valence electrons. The van der Waals surface area contributed by atoms with Gasteiger partial charge in [0.1, 0.15) is 6.61 Å². The number of ether oxygens (including phenoxy) is 4. The van der Waals surface area contributed by atoms with E-state index in [1.54, 1.807) is 0 Å². The van der Waals surface area contributed by atoms with E-state index < -0.39 is 11.9 Å². The molecule has 0 unspecified atom stereocenters. The summed E-state index contributed by atoms with van der Waals surface area (Å²) in [6.07, 6.45) is 0. The topological polar surface area (TPSA) is 71.1 Å². The van der Waals surface area contributed by atoms with E-state index in [0.29, 0.717) is 11.1 Å². The van der Waals surface area contributed by atoms with Crippen LogP contribution in [0.5, 0.6) is 17.2 Å². The van der Waals surface area contributed by atoms with Crippen molar-refractivity contribution >= 4 is 11.9 Å². The van der Waals surface area contributed by atoms with E-state index in [-0.39, 0.29) is 23.9 Å². The first-order valence-corrected chi connectivity index (χ1v) is 5.21. The molecule has 18 heavy (non-hydrogen) atoms. The Morgan fingerprint density at radius 3 is 2.56 bits per heavy atom. The summed E-state index contributed by atoms with van der Waals surface area (Å²) in [5, 5.41) is 0. The van der Waals surface area contributed by atoms with Crippen LogP contribution in [-0.2, 0) is 16.1 Å². The SMILES string of the molecule is COc1cc2c(c(OC)c1OC(C)=O)COC2=O. The molecule has 0 saturated carbocycles. The smallest absolute Gasteiger partial charge is 0.339 e. The minimum Gasteiger partial charge on any atom is -0.493 e. The second-order valence-electron chi connectivity index (χ2n) is 3.64. The van der Waals surface area contributed by atoms with E-state index in [4.69, 9.17) is 18.9 Å². The van der Waals surface area contributed by atoms with Crippen molar-refractivity contribution < 1.29 is 28.5 Å². The molecule has 6 heteroatoms. The molecule has 0 atom stereocenters. The van der Waals surface area contributed by atoms with Crippen LogP contribution in [-0.4, -0.2) is 26.2 Å². The maximum absolute atomic E-state index is 11.5. The van der Waals surface area contributed by atoms with Gasteiger partial charge in [0.25, 0.3) is 0 Å². The fourth-order valence-corrected chi connectivity index (χ4v) is 1.80. The minimum atomic E-state index is -0.503. The maximum Gasteiger partial charge on any atom is 0.339 e. The first kappa shape index (κ1) is 12.2. The normalized spacial score (nSPS) is 12.7. The summed E-state index contributed by atoms with van der Waals surface area (Å²) in [6, 6.07) is 1.48. The van der Waals surface area contributed by atoms with Crippen LogP contribution in [0.25, 0.3) is 0 Å². The Morgan fingerprint density at radius 1 is 1.28 bits per heavy atom. The number of carbonyl (C=O) groups is 2. The molecule has 0 amide bonds. The molecule has 0 fully saturated rings. The molecule has 0 saturated heterocycles. The van der Waals surface area contributed by atoms with Crippen LogP contribution in [0.1, 0.15) is 22.8 Å². The molecular weight excluding hydrogens is 240 g/mol. The second kappa shape index (κ2) is 4.56. The second-order valence-corrected chi connectivity index (χ2v) is 3.64. The van der Waals surface area contributed by atoms with Gasteiger partial charge >= 0.3 is 11.9 Å². The summed E-state index contributed by atoms with van der Waals surface area (Å²) in [4.78, 5) is 22.6. The number of methoxy groups -OCH3 is 2. The van der Waals surface area contributed by atoms with Crippen LogP contribution in [0, 0.1) is 0 Å². The monoisotopic (exact) mass is 252 g/mol. The summed E-state index contributed by atoms with van der Waals surface area (Å²) in [7, 11) is 2.83. The zero-order valence-electron chi connectivity index (χ0n) is 10.2. The molecule has 0 aromatic heterocycles. The first-order chi connectivity index (χ1) is 8.58. The van der Waals surface area contributed by atoms with Crippen molar-refractivity contribution in [3.8, 4) is 17.2 Å². The van der Waals surface area contributed by atoms with Crippen molar-refractivity contribution in [2.45, 2.75) is 13.5 Å². The predicted octanol–water partition coefficient (Wildman–Crippen LogP) is 1.30. The maximum atomic E-state index is 11.5. The van der Waals surface area contributed by atoms with Gasteiger partial charge in [-0.2, -0.15) is 0 Å². The standard InChI is InChI=1S/C12H12O6/c1-6(13)18-11-9(15-2)4-7-8(10(11)16-3)5-17-12(7)14/h4H,5H2,1-3H3. The average Bonchev–Trinajstić information content (AvgIpc) is 2.69. The molecule has 0 radical (unpaired) electrons. The van der Waals surface area contributed by atoms with E-state index in [1.165, 1.54) is 27.2 Å². The number of carbonyl (C=O) groups excluding carboxylic acids is 2. The summed E-state index contributed by atoms with van der Waals surface area (Å²) >= 11 is 0. The van der Waals surface area contributed by atoms with Gasteiger partial charge in [-0.05, 0) is 6.07 Å². The molecule has 0 N–H and O–H groups in total. The molecule has 1 aromatic carbocycles.